The topological polar surface area (TPSA) is 75.6 Å². The lowest BCUT2D eigenvalue weighted by Gasteiger charge is -2.16. The van der Waals surface area contributed by atoms with Crippen LogP contribution in [0.2, 0.25) is 5.02 Å². The number of carbonyl (C=O) groups is 2. The van der Waals surface area contributed by atoms with E-state index in [1.54, 1.807) is 31.2 Å². The first kappa shape index (κ1) is 16.8. The molecular formula is C15H16ClNO4. The molecule has 0 heterocycles. The van der Waals surface area contributed by atoms with Crippen molar-refractivity contribution in [2.75, 3.05) is 6.54 Å². The molecule has 2 N–H and O–H groups in total. The summed E-state index contributed by atoms with van der Waals surface area (Å²) in [5.41, 5.74) is 0.480. The minimum atomic E-state index is -1.09. The Labute approximate surface area is 127 Å². The number of carboxylic acids is 1. The average Bonchev–Trinajstić information content (AvgIpc) is 2.44. The summed E-state index contributed by atoms with van der Waals surface area (Å²) in [7, 11) is 0. The fraction of sp³-hybridized carbons (Fsp3) is 0.200. The summed E-state index contributed by atoms with van der Waals surface area (Å²) in [5, 5.41) is 11.7. The Bertz CT molecular complexity index is 569. The summed E-state index contributed by atoms with van der Waals surface area (Å²) < 4.78 is 5.54. The monoisotopic (exact) mass is 309 g/mol. The fourth-order valence-corrected chi connectivity index (χ4v) is 1.66. The van der Waals surface area contributed by atoms with Gasteiger partial charge in [0.2, 0.25) is 0 Å². The van der Waals surface area contributed by atoms with E-state index in [0.29, 0.717) is 22.9 Å². The van der Waals surface area contributed by atoms with Crippen molar-refractivity contribution in [3.05, 3.63) is 47.5 Å². The van der Waals surface area contributed by atoms with Crippen LogP contribution < -0.4 is 10.1 Å². The Balaban J connectivity index is 2.89. The molecule has 6 heteroatoms. The maximum Gasteiger partial charge on any atom is 0.328 e. The Kier molecular flexibility index (Phi) is 6.49. The summed E-state index contributed by atoms with van der Waals surface area (Å²) in [4.78, 5) is 22.3. The van der Waals surface area contributed by atoms with E-state index in [9.17, 15) is 9.59 Å². The van der Waals surface area contributed by atoms with Gasteiger partial charge in [0.1, 0.15) is 5.75 Å². The first-order valence-electron chi connectivity index (χ1n) is 6.20. The molecule has 0 saturated carbocycles. The number of ether oxygens (including phenoxy) is 1. The van der Waals surface area contributed by atoms with E-state index in [4.69, 9.17) is 21.4 Å². The maximum absolute atomic E-state index is 11.7. The zero-order valence-electron chi connectivity index (χ0n) is 11.5. The molecule has 0 bridgehead atoms. The molecule has 1 atom stereocenters. The normalized spacial score (nSPS) is 11.9. The Morgan fingerprint density at radius 1 is 1.52 bits per heavy atom. The van der Waals surface area contributed by atoms with Crippen molar-refractivity contribution in [3.8, 4) is 5.75 Å². The number of benzene rings is 1. The van der Waals surface area contributed by atoms with Crippen LogP contribution in [0.4, 0.5) is 0 Å². The number of rotatable bonds is 7. The lowest BCUT2D eigenvalue weighted by Crippen LogP contribution is -2.36. The SMILES string of the molecule is C=CCNC(=O)C(C)Oc1ccc(Cl)cc1/C=C/C(=O)O. The van der Waals surface area contributed by atoms with Crippen LogP contribution >= 0.6 is 11.6 Å². The van der Waals surface area contributed by atoms with Crippen molar-refractivity contribution in [2.24, 2.45) is 0 Å². The van der Waals surface area contributed by atoms with Gasteiger partial charge in [-0.25, -0.2) is 4.79 Å². The second kappa shape index (κ2) is 8.11. The molecule has 0 aromatic heterocycles. The van der Waals surface area contributed by atoms with Crippen molar-refractivity contribution >= 4 is 29.6 Å². The van der Waals surface area contributed by atoms with Crippen LogP contribution in [-0.4, -0.2) is 29.6 Å². The minimum absolute atomic E-state index is 0.294. The van der Waals surface area contributed by atoms with Gasteiger partial charge in [-0.1, -0.05) is 17.7 Å². The highest BCUT2D eigenvalue weighted by Crippen LogP contribution is 2.25. The largest absolute Gasteiger partial charge is 0.480 e. The first-order chi connectivity index (χ1) is 9.93. The number of halogens is 1. The highest BCUT2D eigenvalue weighted by atomic mass is 35.5. The predicted octanol–water partition coefficient (Wildman–Crippen LogP) is 2.51. The lowest BCUT2D eigenvalue weighted by atomic mass is 10.2. The van der Waals surface area contributed by atoms with Crippen LogP contribution in [0, 0.1) is 0 Å². The molecule has 5 nitrogen and oxygen atoms in total. The van der Waals surface area contributed by atoms with Gasteiger partial charge in [-0.3, -0.25) is 4.79 Å². The van der Waals surface area contributed by atoms with Crippen LogP contribution in [0.5, 0.6) is 5.75 Å². The number of amides is 1. The molecule has 112 valence electrons. The summed E-state index contributed by atoms with van der Waals surface area (Å²) in [6.07, 6.45) is 3.16. The zero-order valence-corrected chi connectivity index (χ0v) is 12.3. The number of hydrogen-bond acceptors (Lipinski definition) is 3. The molecule has 0 saturated heterocycles. The van der Waals surface area contributed by atoms with Crippen LogP contribution in [0.25, 0.3) is 6.08 Å². The lowest BCUT2D eigenvalue weighted by molar-refractivity contribution is -0.131. The van der Waals surface area contributed by atoms with E-state index in [1.165, 1.54) is 6.08 Å². The Morgan fingerprint density at radius 2 is 2.24 bits per heavy atom. The van der Waals surface area contributed by atoms with Gasteiger partial charge in [-0.2, -0.15) is 0 Å². The molecule has 0 aliphatic carbocycles. The van der Waals surface area contributed by atoms with E-state index in [1.807, 2.05) is 0 Å². The van der Waals surface area contributed by atoms with Gasteiger partial charge >= 0.3 is 5.97 Å². The molecule has 0 spiro atoms. The number of aliphatic carboxylic acids is 1. The van der Waals surface area contributed by atoms with E-state index in [2.05, 4.69) is 11.9 Å². The van der Waals surface area contributed by atoms with Crippen LogP contribution in [-0.2, 0) is 9.59 Å². The first-order valence-corrected chi connectivity index (χ1v) is 6.57. The molecule has 21 heavy (non-hydrogen) atoms. The second-order valence-electron chi connectivity index (χ2n) is 4.15. The van der Waals surface area contributed by atoms with Crippen molar-refractivity contribution in [1.29, 1.82) is 0 Å². The molecule has 1 aromatic rings. The molecule has 0 aliphatic heterocycles. The molecule has 0 radical (unpaired) electrons. The molecule has 1 amide bonds. The average molecular weight is 310 g/mol. The van der Waals surface area contributed by atoms with Crippen molar-refractivity contribution in [1.82, 2.24) is 5.32 Å². The maximum atomic E-state index is 11.7. The molecule has 1 aromatic carbocycles. The van der Waals surface area contributed by atoms with Crippen LogP contribution in [0.1, 0.15) is 12.5 Å². The van der Waals surface area contributed by atoms with Crippen molar-refractivity contribution in [3.63, 3.8) is 0 Å². The van der Waals surface area contributed by atoms with E-state index >= 15 is 0 Å². The summed E-state index contributed by atoms with van der Waals surface area (Å²) in [6, 6.07) is 4.75. The van der Waals surface area contributed by atoms with Crippen molar-refractivity contribution in [2.45, 2.75) is 13.0 Å². The minimum Gasteiger partial charge on any atom is -0.480 e. The van der Waals surface area contributed by atoms with Crippen molar-refractivity contribution < 1.29 is 19.4 Å². The number of carboxylic acid groups (broad SMARTS) is 1. The van der Waals surface area contributed by atoms with Crippen LogP contribution in [0.3, 0.4) is 0 Å². The van der Waals surface area contributed by atoms with Gasteiger partial charge in [-0.05, 0) is 31.2 Å². The van der Waals surface area contributed by atoms with Gasteiger partial charge in [0, 0.05) is 23.2 Å². The number of hydrogen-bond donors (Lipinski definition) is 2. The van der Waals surface area contributed by atoms with Gasteiger partial charge in [0.25, 0.3) is 5.91 Å². The van der Waals surface area contributed by atoms with E-state index < -0.39 is 12.1 Å². The molecule has 0 aliphatic rings. The number of nitrogens with one attached hydrogen (secondary N) is 1. The third-order valence-electron chi connectivity index (χ3n) is 2.47. The van der Waals surface area contributed by atoms with Gasteiger partial charge < -0.3 is 15.2 Å². The third kappa shape index (κ3) is 5.71. The second-order valence-corrected chi connectivity index (χ2v) is 4.58. The molecule has 1 rings (SSSR count). The predicted molar refractivity (Wildman–Crippen MR) is 81.4 cm³/mol. The quantitative estimate of drug-likeness (QED) is 0.599. The zero-order chi connectivity index (χ0) is 15.8. The van der Waals surface area contributed by atoms with E-state index in [-0.39, 0.29) is 5.91 Å². The highest BCUT2D eigenvalue weighted by Gasteiger charge is 2.15. The standard InChI is InChI=1S/C15H16ClNO4/c1-3-8-17-15(20)10(2)21-13-6-5-12(16)9-11(13)4-7-14(18)19/h3-7,9-10H,1,8H2,2H3,(H,17,20)(H,18,19)/b7-4+. The van der Waals surface area contributed by atoms with Crippen LogP contribution in [0.15, 0.2) is 36.9 Å². The fourth-order valence-electron chi connectivity index (χ4n) is 1.48. The van der Waals surface area contributed by atoms with Gasteiger partial charge in [-0.15, -0.1) is 6.58 Å². The van der Waals surface area contributed by atoms with Gasteiger partial charge in [0.05, 0.1) is 0 Å². The highest BCUT2D eigenvalue weighted by molar-refractivity contribution is 6.30. The van der Waals surface area contributed by atoms with E-state index in [0.717, 1.165) is 6.08 Å². The molecular weight excluding hydrogens is 294 g/mol. The Morgan fingerprint density at radius 3 is 2.86 bits per heavy atom. The third-order valence-corrected chi connectivity index (χ3v) is 2.71. The Hall–Kier alpha value is -2.27. The van der Waals surface area contributed by atoms with Gasteiger partial charge in [0.15, 0.2) is 6.10 Å². The molecule has 0 fully saturated rings. The molecule has 1 unspecified atom stereocenters. The summed E-state index contributed by atoms with van der Waals surface area (Å²) in [6.45, 7) is 5.45. The summed E-state index contributed by atoms with van der Waals surface area (Å²) in [5.74, 6) is -1.01. The number of carbonyl (C=O) groups excluding carboxylic acids is 1. The smallest absolute Gasteiger partial charge is 0.328 e. The summed E-state index contributed by atoms with van der Waals surface area (Å²) >= 11 is 5.87.